The molecule has 1 aliphatic carbocycles. The Bertz CT molecular complexity index is 1100. The number of piperidine rings is 1. The summed E-state index contributed by atoms with van der Waals surface area (Å²) in [7, 11) is 0. The Kier molecular flexibility index (Phi) is 8.75. The van der Waals surface area contributed by atoms with E-state index in [2.05, 4.69) is 29.3 Å². The molecule has 39 heavy (non-hydrogen) atoms. The Balaban J connectivity index is 1.19. The first kappa shape index (κ1) is 27.5. The Labute approximate surface area is 232 Å². The van der Waals surface area contributed by atoms with E-state index in [1.54, 1.807) is 24.3 Å². The second-order valence-electron chi connectivity index (χ2n) is 11.7. The molecule has 0 radical (unpaired) electrons. The van der Waals surface area contributed by atoms with Crippen LogP contribution in [0.25, 0.3) is 0 Å². The maximum atomic E-state index is 13.7. The maximum absolute atomic E-state index is 13.7. The number of rotatable bonds is 9. The molecular weight excluding hydrogens is 490 g/mol. The van der Waals surface area contributed by atoms with Crippen LogP contribution in [0.3, 0.4) is 0 Å². The molecule has 2 aromatic rings. The SMILES string of the molecule is CCCCN1C(=O)C(CC2CCCCC2)NC(=O)C12CCN(Cc1ccc(Oc3ccc(O)cc3)cc1)CC2. The molecular formula is C32H43N3O4. The molecule has 2 aliphatic heterocycles. The summed E-state index contributed by atoms with van der Waals surface area (Å²) in [5.41, 5.74) is 0.469. The van der Waals surface area contributed by atoms with Gasteiger partial charge < -0.3 is 20.1 Å². The van der Waals surface area contributed by atoms with E-state index >= 15 is 0 Å². The lowest BCUT2D eigenvalue weighted by Crippen LogP contribution is -2.73. The van der Waals surface area contributed by atoms with E-state index in [1.165, 1.54) is 37.7 Å². The molecule has 3 fully saturated rings. The Morgan fingerprint density at radius 1 is 0.949 bits per heavy atom. The van der Waals surface area contributed by atoms with E-state index in [1.807, 2.05) is 17.0 Å². The number of carbonyl (C=O) groups excluding carboxylic acids is 2. The van der Waals surface area contributed by atoms with E-state index < -0.39 is 5.54 Å². The van der Waals surface area contributed by atoms with Crippen LogP contribution in [0.1, 0.15) is 76.7 Å². The summed E-state index contributed by atoms with van der Waals surface area (Å²) in [5, 5.41) is 12.6. The number of nitrogens with one attached hydrogen (secondary N) is 1. The van der Waals surface area contributed by atoms with Crippen molar-refractivity contribution in [1.29, 1.82) is 0 Å². The minimum Gasteiger partial charge on any atom is -0.508 e. The van der Waals surface area contributed by atoms with Gasteiger partial charge in [0, 0.05) is 26.2 Å². The summed E-state index contributed by atoms with van der Waals surface area (Å²) >= 11 is 0. The minimum absolute atomic E-state index is 0.0643. The van der Waals surface area contributed by atoms with Crippen LogP contribution in [0.15, 0.2) is 48.5 Å². The van der Waals surface area contributed by atoms with Crippen molar-refractivity contribution in [3.8, 4) is 17.2 Å². The van der Waals surface area contributed by atoms with Gasteiger partial charge in [-0.3, -0.25) is 14.5 Å². The Morgan fingerprint density at radius 2 is 1.59 bits per heavy atom. The largest absolute Gasteiger partial charge is 0.508 e. The third kappa shape index (κ3) is 6.40. The van der Waals surface area contributed by atoms with Gasteiger partial charge in [-0.2, -0.15) is 0 Å². The second kappa shape index (κ2) is 12.4. The Morgan fingerprint density at radius 3 is 2.23 bits per heavy atom. The van der Waals surface area contributed by atoms with Crippen LogP contribution < -0.4 is 10.1 Å². The van der Waals surface area contributed by atoms with Gasteiger partial charge in [0.1, 0.15) is 28.8 Å². The van der Waals surface area contributed by atoms with Gasteiger partial charge in [-0.05, 0) is 73.6 Å². The molecule has 0 aromatic heterocycles. The van der Waals surface area contributed by atoms with E-state index in [4.69, 9.17) is 4.74 Å². The summed E-state index contributed by atoms with van der Waals surface area (Å²) in [4.78, 5) is 31.8. The maximum Gasteiger partial charge on any atom is 0.246 e. The van der Waals surface area contributed by atoms with Crippen molar-refractivity contribution < 1.29 is 19.4 Å². The van der Waals surface area contributed by atoms with Gasteiger partial charge in [0.05, 0.1) is 0 Å². The lowest BCUT2D eigenvalue weighted by molar-refractivity contribution is -0.162. The van der Waals surface area contributed by atoms with Gasteiger partial charge in [0.2, 0.25) is 11.8 Å². The molecule has 2 amide bonds. The molecule has 2 saturated heterocycles. The van der Waals surface area contributed by atoms with Crippen LogP contribution in [-0.2, 0) is 16.1 Å². The number of phenolic OH excluding ortho intramolecular Hbond substituents is 1. The lowest BCUT2D eigenvalue weighted by Gasteiger charge is -2.52. The number of piperazine rings is 1. The minimum atomic E-state index is -0.715. The highest BCUT2D eigenvalue weighted by molar-refractivity contribution is 6.00. The topological polar surface area (TPSA) is 82.1 Å². The normalized spacial score (nSPS) is 22.2. The number of aromatic hydroxyl groups is 1. The van der Waals surface area contributed by atoms with Crippen molar-refractivity contribution in [2.45, 2.75) is 89.3 Å². The summed E-state index contributed by atoms with van der Waals surface area (Å²) in [5.74, 6) is 2.39. The van der Waals surface area contributed by atoms with E-state index in [9.17, 15) is 14.7 Å². The standard InChI is InChI=1S/C32H43N3O4/c1-2-3-19-35-30(37)29(22-24-7-5-4-6-8-24)33-31(38)32(35)17-20-34(21-18-32)23-25-9-13-27(14-10-25)39-28-15-11-26(36)12-16-28/h9-16,24,29,36H,2-8,17-23H2,1H3,(H,33,38). The monoisotopic (exact) mass is 533 g/mol. The van der Waals surface area contributed by atoms with Crippen molar-refractivity contribution >= 4 is 11.8 Å². The number of hydrogen-bond acceptors (Lipinski definition) is 5. The number of hydrogen-bond donors (Lipinski definition) is 2. The van der Waals surface area contributed by atoms with Crippen LogP contribution in [0.4, 0.5) is 0 Å². The molecule has 210 valence electrons. The van der Waals surface area contributed by atoms with Crippen molar-refractivity contribution in [1.82, 2.24) is 15.1 Å². The lowest BCUT2D eigenvalue weighted by atomic mass is 9.79. The first-order valence-corrected chi connectivity index (χ1v) is 14.9. The predicted molar refractivity (Wildman–Crippen MR) is 152 cm³/mol. The highest BCUT2D eigenvalue weighted by Gasteiger charge is 2.53. The summed E-state index contributed by atoms with van der Waals surface area (Å²) in [6.45, 7) is 5.17. The quantitative estimate of drug-likeness (QED) is 0.437. The van der Waals surface area contributed by atoms with Crippen molar-refractivity contribution in [2.75, 3.05) is 19.6 Å². The zero-order valence-electron chi connectivity index (χ0n) is 23.2. The fraction of sp³-hybridized carbons (Fsp3) is 0.562. The number of unbranched alkanes of at least 4 members (excludes halogenated alkanes) is 1. The van der Waals surface area contributed by atoms with Gasteiger partial charge in [-0.1, -0.05) is 57.6 Å². The number of likely N-dealkylation sites (tertiary alicyclic amines) is 1. The molecule has 7 nitrogen and oxygen atoms in total. The predicted octanol–water partition coefficient (Wildman–Crippen LogP) is 5.62. The number of amides is 2. The van der Waals surface area contributed by atoms with Gasteiger partial charge >= 0.3 is 0 Å². The summed E-state index contributed by atoms with van der Waals surface area (Å²) in [6.07, 6.45) is 10.2. The van der Waals surface area contributed by atoms with Crippen LogP contribution >= 0.6 is 0 Å². The van der Waals surface area contributed by atoms with E-state index in [0.717, 1.165) is 44.6 Å². The van der Waals surface area contributed by atoms with Crippen LogP contribution in [-0.4, -0.2) is 57.9 Å². The number of carbonyl (C=O) groups is 2. The van der Waals surface area contributed by atoms with Crippen LogP contribution in [0.5, 0.6) is 17.2 Å². The van der Waals surface area contributed by atoms with Gasteiger partial charge in [0.25, 0.3) is 0 Å². The smallest absolute Gasteiger partial charge is 0.246 e. The van der Waals surface area contributed by atoms with Crippen LogP contribution in [0.2, 0.25) is 0 Å². The molecule has 7 heteroatoms. The summed E-state index contributed by atoms with van der Waals surface area (Å²) < 4.78 is 5.87. The molecule has 5 rings (SSSR count). The molecule has 1 saturated carbocycles. The van der Waals surface area contributed by atoms with Crippen LogP contribution in [0, 0.1) is 5.92 Å². The van der Waals surface area contributed by atoms with Gasteiger partial charge in [-0.25, -0.2) is 0 Å². The number of nitrogens with zero attached hydrogens (tertiary/aromatic N) is 2. The summed E-state index contributed by atoms with van der Waals surface area (Å²) in [6, 6.07) is 14.4. The molecule has 0 bridgehead atoms. The molecule has 1 spiro atoms. The zero-order valence-corrected chi connectivity index (χ0v) is 23.2. The third-order valence-corrected chi connectivity index (χ3v) is 8.92. The average Bonchev–Trinajstić information content (AvgIpc) is 2.96. The van der Waals surface area contributed by atoms with E-state index in [0.29, 0.717) is 31.1 Å². The average molecular weight is 534 g/mol. The molecule has 1 unspecified atom stereocenters. The van der Waals surface area contributed by atoms with E-state index in [-0.39, 0.29) is 23.6 Å². The zero-order chi connectivity index (χ0) is 27.2. The number of ether oxygens (including phenoxy) is 1. The van der Waals surface area contributed by atoms with Gasteiger partial charge in [-0.15, -0.1) is 0 Å². The number of phenols is 1. The highest BCUT2D eigenvalue weighted by Crippen LogP contribution is 2.36. The molecule has 3 aliphatic rings. The van der Waals surface area contributed by atoms with Crippen molar-refractivity contribution in [3.05, 3.63) is 54.1 Å². The van der Waals surface area contributed by atoms with Crippen molar-refractivity contribution in [3.63, 3.8) is 0 Å². The Hall–Kier alpha value is -3.06. The molecule has 2 heterocycles. The van der Waals surface area contributed by atoms with Crippen molar-refractivity contribution in [2.24, 2.45) is 5.92 Å². The molecule has 2 aromatic carbocycles. The fourth-order valence-corrected chi connectivity index (χ4v) is 6.58. The second-order valence-corrected chi connectivity index (χ2v) is 11.7. The third-order valence-electron chi connectivity index (χ3n) is 8.92. The molecule has 2 N–H and O–H groups in total. The first-order chi connectivity index (χ1) is 19.0. The van der Waals surface area contributed by atoms with Gasteiger partial charge in [0.15, 0.2) is 0 Å². The highest BCUT2D eigenvalue weighted by atomic mass is 16.5. The molecule has 1 atom stereocenters. The fourth-order valence-electron chi connectivity index (χ4n) is 6.58. The first-order valence-electron chi connectivity index (χ1n) is 14.9. The number of benzene rings is 2.